The Hall–Kier alpha value is -1.73. The van der Waals surface area contributed by atoms with Gasteiger partial charge in [0.2, 0.25) is 0 Å². The molecule has 3 aromatic rings. The minimum atomic E-state index is 0.297. The van der Waals surface area contributed by atoms with Crippen molar-refractivity contribution in [3.63, 3.8) is 0 Å². The largest absolute Gasteiger partial charge is 0.462 e. The zero-order valence-corrected chi connectivity index (χ0v) is 12.8. The van der Waals surface area contributed by atoms with Crippen molar-refractivity contribution in [1.29, 1.82) is 0 Å². The Bertz CT molecular complexity index is 754. The van der Waals surface area contributed by atoms with E-state index in [9.17, 15) is 0 Å². The van der Waals surface area contributed by atoms with Gasteiger partial charge < -0.3 is 4.42 Å². The second kappa shape index (κ2) is 5.34. The van der Waals surface area contributed by atoms with Crippen molar-refractivity contribution in [2.45, 2.75) is 26.3 Å². The maximum Gasteiger partial charge on any atom is 0.195 e. The summed E-state index contributed by atoms with van der Waals surface area (Å²) in [5.74, 6) is 1.60. The molecule has 3 rings (SSSR count). The summed E-state index contributed by atoms with van der Waals surface area (Å²) in [6, 6.07) is 4.05. The predicted molar refractivity (Wildman–Crippen MR) is 81.2 cm³/mol. The van der Waals surface area contributed by atoms with E-state index in [4.69, 9.17) is 16.6 Å². The normalized spacial score (nSPS) is 12.7. The zero-order valence-electron chi connectivity index (χ0n) is 11.2. The van der Waals surface area contributed by atoms with Gasteiger partial charge in [-0.05, 0) is 37.7 Å². The minimum absolute atomic E-state index is 0.297. The lowest BCUT2D eigenvalue weighted by Crippen LogP contribution is -2.05. The van der Waals surface area contributed by atoms with Gasteiger partial charge in [0.05, 0.1) is 11.1 Å². The molecule has 0 aliphatic heterocycles. The van der Waals surface area contributed by atoms with Crippen LogP contribution in [0.5, 0.6) is 0 Å². The fourth-order valence-electron chi connectivity index (χ4n) is 1.96. The van der Waals surface area contributed by atoms with Crippen LogP contribution in [-0.2, 0) is 0 Å². The number of aromatic amines is 1. The van der Waals surface area contributed by atoms with Gasteiger partial charge in [-0.1, -0.05) is 6.92 Å². The summed E-state index contributed by atoms with van der Waals surface area (Å²) < 4.78 is 8.04. The standard InChI is InChI=1S/C13H14N4OS2/c1-3-8(2)17-11(15-16-13(17)19)10-7-14-12(20-10)9-5-4-6-18-9/h4-8H,3H2,1-2H3,(H,16,19). The Labute approximate surface area is 125 Å². The van der Waals surface area contributed by atoms with Crippen molar-refractivity contribution in [2.24, 2.45) is 0 Å². The molecule has 0 spiro atoms. The highest BCUT2D eigenvalue weighted by Crippen LogP contribution is 2.32. The van der Waals surface area contributed by atoms with Crippen molar-refractivity contribution in [3.05, 3.63) is 29.4 Å². The van der Waals surface area contributed by atoms with Crippen LogP contribution < -0.4 is 0 Å². The lowest BCUT2D eigenvalue weighted by atomic mass is 10.2. The number of nitrogens with one attached hydrogen (secondary N) is 1. The fourth-order valence-corrected chi connectivity index (χ4v) is 3.14. The van der Waals surface area contributed by atoms with Gasteiger partial charge in [-0.2, -0.15) is 5.10 Å². The molecule has 0 fully saturated rings. The van der Waals surface area contributed by atoms with Crippen LogP contribution >= 0.6 is 23.6 Å². The quantitative estimate of drug-likeness (QED) is 0.730. The maximum absolute atomic E-state index is 5.37. The van der Waals surface area contributed by atoms with Gasteiger partial charge >= 0.3 is 0 Å². The number of hydrogen-bond acceptors (Lipinski definition) is 5. The molecule has 20 heavy (non-hydrogen) atoms. The van der Waals surface area contributed by atoms with Crippen molar-refractivity contribution < 1.29 is 4.42 Å². The molecule has 0 aromatic carbocycles. The molecular formula is C13H14N4OS2. The number of H-pyrrole nitrogens is 1. The first-order chi connectivity index (χ1) is 9.70. The number of hydrogen-bond donors (Lipinski definition) is 1. The zero-order chi connectivity index (χ0) is 14.1. The van der Waals surface area contributed by atoms with Gasteiger partial charge in [0.25, 0.3) is 0 Å². The average Bonchev–Trinajstić information content (AvgIpc) is 3.16. The lowest BCUT2D eigenvalue weighted by molar-refractivity contribution is 0.529. The van der Waals surface area contributed by atoms with E-state index >= 15 is 0 Å². The first-order valence-corrected chi connectivity index (χ1v) is 7.60. The smallest absolute Gasteiger partial charge is 0.195 e. The SMILES string of the molecule is CCC(C)n1c(-c2cnc(-c3ccco3)s2)n[nH]c1=S. The minimum Gasteiger partial charge on any atom is -0.462 e. The molecule has 0 amide bonds. The summed E-state index contributed by atoms with van der Waals surface area (Å²) in [6.07, 6.45) is 4.45. The van der Waals surface area contributed by atoms with Gasteiger partial charge in [-0.15, -0.1) is 11.3 Å². The average molecular weight is 306 g/mol. The third-order valence-electron chi connectivity index (χ3n) is 3.19. The van der Waals surface area contributed by atoms with E-state index in [1.54, 1.807) is 17.6 Å². The highest BCUT2D eigenvalue weighted by Gasteiger charge is 2.16. The lowest BCUT2D eigenvalue weighted by Gasteiger charge is -2.11. The molecule has 0 aliphatic carbocycles. The van der Waals surface area contributed by atoms with Gasteiger partial charge in [-0.3, -0.25) is 9.67 Å². The topological polar surface area (TPSA) is 59.6 Å². The van der Waals surface area contributed by atoms with E-state index in [1.165, 1.54) is 0 Å². The maximum atomic E-state index is 5.37. The molecular weight excluding hydrogens is 292 g/mol. The summed E-state index contributed by atoms with van der Waals surface area (Å²) in [6.45, 7) is 4.26. The summed E-state index contributed by atoms with van der Waals surface area (Å²) in [5.41, 5.74) is 0. The molecule has 7 heteroatoms. The van der Waals surface area contributed by atoms with Crippen LogP contribution in [0.25, 0.3) is 21.5 Å². The second-order valence-corrected chi connectivity index (χ2v) is 5.90. The molecule has 1 N–H and O–H groups in total. The van der Waals surface area contributed by atoms with Crippen LogP contribution in [0.4, 0.5) is 0 Å². The first kappa shape index (κ1) is 13.3. The highest BCUT2D eigenvalue weighted by atomic mass is 32.1. The molecule has 1 unspecified atom stereocenters. The predicted octanol–water partition coefficient (Wildman–Crippen LogP) is 4.30. The molecule has 0 aliphatic rings. The Morgan fingerprint density at radius 3 is 3.10 bits per heavy atom. The van der Waals surface area contributed by atoms with Crippen LogP contribution in [0.2, 0.25) is 0 Å². The molecule has 3 heterocycles. The number of rotatable bonds is 4. The van der Waals surface area contributed by atoms with Gasteiger partial charge in [0, 0.05) is 12.2 Å². The third kappa shape index (κ3) is 2.23. The van der Waals surface area contributed by atoms with Gasteiger partial charge in [-0.25, -0.2) is 4.98 Å². The monoisotopic (exact) mass is 306 g/mol. The number of nitrogens with zero attached hydrogens (tertiary/aromatic N) is 3. The summed E-state index contributed by atoms with van der Waals surface area (Å²) in [7, 11) is 0. The van der Waals surface area contributed by atoms with Crippen molar-refractivity contribution in [1.82, 2.24) is 19.7 Å². The summed E-state index contributed by atoms with van der Waals surface area (Å²) in [5, 5.41) is 8.04. The molecule has 0 bridgehead atoms. The van der Waals surface area contributed by atoms with E-state index in [1.807, 2.05) is 22.9 Å². The van der Waals surface area contributed by atoms with E-state index in [-0.39, 0.29) is 0 Å². The van der Waals surface area contributed by atoms with Crippen LogP contribution in [0.15, 0.2) is 29.0 Å². The van der Waals surface area contributed by atoms with E-state index in [0.29, 0.717) is 10.8 Å². The number of aromatic nitrogens is 4. The van der Waals surface area contributed by atoms with E-state index in [2.05, 4.69) is 29.0 Å². The van der Waals surface area contributed by atoms with Crippen molar-refractivity contribution >= 4 is 23.6 Å². The van der Waals surface area contributed by atoms with E-state index in [0.717, 1.165) is 27.9 Å². The molecule has 104 valence electrons. The third-order valence-corrected chi connectivity index (χ3v) is 4.49. The van der Waals surface area contributed by atoms with Crippen LogP contribution in [0, 0.1) is 4.77 Å². The van der Waals surface area contributed by atoms with Gasteiger partial charge in [0.15, 0.2) is 21.4 Å². The molecule has 5 nitrogen and oxygen atoms in total. The second-order valence-electron chi connectivity index (χ2n) is 4.49. The fraction of sp³-hybridized carbons (Fsp3) is 0.308. The van der Waals surface area contributed by atoms with Gasteiger partial charge in [0.1, 0.15) is 0 Å². The van der Waals surface area contributed by atoms with Crippen LogP contribution in [0.3, 0.4) is 0 Å². The Morgan fingerprint density at radius 1 is 1.55 bits per heavy atom. The number of thiazole rings is 1. The molecule has 0 saturated heterocycles. The number of furan rings is 1. The molecule has 3 aromatic heterocycles. The van der Waals surface area contributed by atoms with Crippen molar-refractivity contribution in [2.75, 3.05) is 0 Å². The Kier molecular flexibility index (Phi) is 3.54. The Balaban J connectivity index is 2.04. The van der Waals surface area contributed by atoms with E-state index < -0.39 is 0 Å². The summed E-state index contributed by atoms with van der Waals surface area (Å²) in [4.78, 5) is 5.37. The van der Waals surface area contributed by atoms with Crippen molar-refractivity contribution in [3.8, 4) is 21.5 Å². The molecule has 0 radical (unpaired) electrons. The van der Waals surface area contributed by atoms with Crippen LogP contribution in [-0.4, -0.2) is 19.7 Å². The summed E-state index contributed by atoms with van der Waals surface area (Å²) >= 11 is 6.86. The molecule has 1 atom stereocenters. The Morgan fingerprint density at radius 2 is 2.40 bits per heavy atom. The first-order valence-electron chi connectivity index (χ1n) is 6.37. The van der Waals surface area contributed by atoms with Crippen LogP contribution in [0.1, 0.15) is 26.3 Å². The highest BCUT2D eigenvalue weighted by molar-refractivity contribution is 7.71. The molecule has 0 saturated carbocycles.